The monoisotopic (exact) mass is 619 g/mol. The molecule has 2 heterocycles. The van der Waals surface area contributed by atoms with Crippen molar-refractivity contribution in [3.63, 3.8) is 0 Å². The van der Waals surface area contributed by atoms with Gasteiger partial charge in [0.2, 0.25) is 11.8 Å². The third-order valence-electron chi connectivity index (χ3n) is 9.01. The third kappa shape index (κ3) is 6.82. The highest BCUT2D eigenvalue weighted by molar-refractivity contribution is 6.01. The maximum Gasteiger partial charge on any atom is 0.234 e. The number of aromatic hydroxyl groups is 2. The van der Waals surface area contributed by atoms with Crippen molar-refractivity contribution >= 4 is 28.6 Å². The zero-order chi connectivity index (χ0) is 32.2. The Morgan fingerprint density at radius 1 is 0.804 bits per heavy atom. The quantitative estimate of drug-likeness (QED) is 0.155. The number of carbonyl (C=O) groups is 2. The molecule has 236 valence electrons. The lowest BCUT2D eigenvalue weighted by Gasteiger charge is -2.36. The van der Waals surface area contributed by atoms with Crippen LogP contribution >= 0.6 is 0 Å². The number of piperazine rings is 1. The van der Waals surface area contributed by atoms with Crippen molar-refractivity contribution in [2.24, 2.45) is 0 Å². The number of piperidine rings is 1. The van der Waals surface area contributed by atoms with Crippen LogP contribution in [0.5, 0.6) is 11.5 Å². The van der Waals surface area contributed by atoms with Gasteiger partial charge in [0.15, 0.2) is 0 Å². The van der Waals surface area contributed by atoms with Crippen LogP contribution in [0.15, 0.2) is 91.0 Å². The third-order valence-corrected chi connectivity index (χ3v) is 9.01. The fraction of sp³-hybridized carbons (Fsp3) is 0.263. The Bertz CT molecular complexity index is 1740. The largest absolute Gasteiger partial charge is 0.508 e. The number of benzene rings is 4. The Morgan fingerprint density at radius 2 is 1.39 bits per heavy atom. The molecule has 2 aliphatic heterocycles. The lowest BCUT2D eigenvalue weighted by Crippen LogP contribution is -2.46. The van der Waals surface area contributed by atoms with E-state index in [0.717, 1.165) is 71.7 Å². The molecule has 3 N–H and O–H groups in total. The maximum absolute atomic E-state index is 15.0. The van der Waals surface area contributed by atoms with Crippen LogP contribution in [-0.4, -0.2) is 53.1 Å². The minimum atomic E-state index is -0.629. The number of imide groups is 1. The summed E-state index contributed by atoms with van der Waals surface area (Å²) < 4.78 is 15.0. The van der Waals surface area contributed by atoms with Gasteiger partial charge in [-0.3, -0.25) is 19.8 Å². The number of carbonyl (C=O) groups excluding carboxylic acids is 2. The summed E-state index contributed by atoms with van der Waals surface area (Å²) in [5.74, 6) is -1.32. The Balaban J connectivity index is 1.14. The highest BCUT2D eigenvalue weighted by Gasteiger charge is 2.30. The molecule has 2 fully saturated rings. The van der Waals surface area contributed by atoms with Crippen molar-refractivity contribution in [1.82, 2.24) is 10.2 Å². The molecule has 8 heteroatoms. The average molecular weight is 620 g/mol. The number of rotatable bonds is 8. The second-order valence-corrected chi connectivity index (χ2v) is 12.0. The van der Waals surface area contributed by atoms with Gasteiger partial charge in [0.1, 0.15) is 17.3 Å². The van der Waals surface area contributed by atoms with E-state index in [4.69, 9.17) is 0 Å². The number of hydrogen-bond donors (Lipinski definition) is 3. The van der Waals surface area contributed by atoms with Crippen LogP contribution < -0.4 is 10.2 Å². The molecule has 1 atom stereocenters. The van der Waals surface area contributed by atoms with Gasteiger partial charge in [-0.25, -0.2) is 4.39 Å². The number of nitrogens with zero attached hydrogens (tertiary/aromatic N) is 2. The Labute approximate surface area is 268 Å². The van der Waals surface area contributed by atoms with E-state index < -0.39 is 17.6 Å². The van der Waals surface area contributed by atoms with E-state index in [9.17, 15) is 19.8 Å². The summed E-state index contributed by atoms with van der Waals surface area (Å²) in [5, 5.41) is 22.1. The summed E-state index contributed by atoms with van der Waals surface area (Å²) in [5.41, 5.74) is 7.69. The zero-order valence-electron chi connectivity index (χ0n) is 25.9. The molecule has 2 amide bonds. The van der Waals surface area contributed by atoms with E-state index in [1.165, 1.54) is 6.07 Å². The van der Waals surface area contributed by atoms with Gasteiger partial charge in [-0.1, -0.05) is 55.5 Å². The van der Waals surface area contributed by atoms with Crippen LogP contribution in [0, 0.1) is 5.82 Å². The van der Waals surface area contributed by atoms with E-state index in [1.807, 2.05) is 30.3 Å². The molecule has 7 nitrogen and oxygen atoms in total. The van der Waals surface area contributed by atoms with Gasteiger partial charge < -0.3 is 15.1 Å². The van der Waals surface area contributed by atoms with E-state index >= 15 is 4.39 Å². The number of halogens is 1. The number of allylic oxidation sites excluding steroid dienone is 1. The van der Waals surface area contributed by atoms with Crippen LogP contribution in [0.4, 0.5) is 10.1 Å². The van der Waals surface area contributed by atoms with Crippen molar-refractivity contribution in [3.05, 3.63) is 125 Å². The fourth-order valence-electron chi connectivity index (χ4n) is 6.53. The number of amides is 2. The molecule has 0 aliphatic carbocycles. The molecule has 0 saturated carbocycles. The summed E-state index contributed by atoms with van der Waals surface area (Å²) in [6, 6.07) is 28.2. The highest BCUT2D eigenvalue weighted by Crippen LogP contribution is 2.36. The zero-order valence-corrected chi connectivity index (χ0v) is 25.9. The molecule has 0 spiro atoms. The first-order chi connectivity index (χ1) is 22.3. The molecule has 0 aromatic heterocycles. The van der Waals surface area contributed by atoms with E-state index in [2.05, 4.69) is 46.3 Å². The summed E-state index contributed by atoms with van der Waals surface area (Å²) in [6.07, 6.45) is 1.34. The molecule has 2 aliphatic rings. The number of hydrogen-bond acceptors (Lipinski definition) is 6. The van der Waals surface area contributed by atoms with Crippen LogP contribution in [0.1, 0.15) is 59.9 Å². The lowest BCUT2D eigenvalue weighted by molar-refractivity contribution is -0.134. The smallest absolute Gasteiger partial charge is 0.234 e. The fourth-order valence-corrected chi connectivity index (χ4v) is 6.53. The second-order valence-electron chi connectivity index (χ2n) is 12.0. The molecule has 46 heavy (non-hydrogen) atoms. The minimum Gasteiger partial charge on any atom is -0.508 e. The number of anilines is 1. The summed E-state index contributed by atoms with van der Waals surface area (Å²) >= 11 is 0. The molecule has 4 aromatic rings. The Morgan fingerprint density at radius 3 is 1.96 bits per heavy atom. The second kappa shape index (κ2) is 13.6. The number of nitrogens with one attached hydrogen (secondary N) is 1. The predicted octanol–water partition coefficient (Wildman–Crippen LogP) is 6.45. The lowest BCUT2D eigenvalue weighted by atomic mass is 9.88. The Hall–Kier alpha value is -4.95. The van der Waals surface area contributed by atoms with E-state index in [1.54, 1.807) is 30.3 Å². The first-order valence-corrected chi connectivity index (χ1v) is 15.8. The number of phenols is 2. The predicted molar refractivity (Wildman–Crippen MR) is 178 cm³/mol. The van der Waals surface area contributed by atoms with Gasteiger partial charge in [0.05, 0.1) is 5.92 Å². The van der Waals surface area contributed by atoms with Crippen molar-refractivity contribution in [3.8, 4) is 11.5 Å². The summed E-state index contributed by atoms with van der Waals surface area (Å²) in [4.78, 5) is 28.4. The van der Waals surface area contributed by atoms with Crippen LogP contribution in [-0.2, 0) is 16.1 Å². The van der Waals surface area contributed by atoms with Crippen molar-refractivity contribution in [2.45, 2.75) is 38.6 Å². The van der Waals surface area contributed by atoms with Crippen LogP contribution in [0.3, 0.4) is 0 Å². The van der Waals surface area contributed by atoms with Gasteiger partial charge in [0, 0.05) is 50.4 Å². The van der Waals surface area contributed by atoms with Crippen LogP contribution in [0.25, 0.3) is 11.1 Å². The summed E-state index contributed by atoms with van der Waals surface area (Å²) in [7, 11) is 0. The molecular weight excluding hydrogens is 581 g/mol. The SMILES string of the molecule is CCC(=C(c1ccc(O)cc1)c1ccc(N2CCN(Cc3ccc(C4CCC(=O)NC4=O)c(F)c3)CC2)cc1)c1ccc(O)cc1. The topological polar surface area (TPSA) is 93.1 Å². The minimum absolute atomic E-state index is 0.217. The van der Waals surface area contributed by atoms with Crippen molar-refractivity contribution in [1.29, 1.82) is 0 Å². The molecule has 4 aromatic carbocycles. The first kappa shape index (κ1) is 31.0. The van der Waals surface area contributed by atoms with Crippen LogP contribution in [0.2, 0.25) is 0 Å². The summed E-state index contributed by atoms with van der Waals surface area (Å²) in [6.45, 7) is 6.08. The molecule has 0 bridgehead atoms. The molecule has 2 saturated heterocycles. The standard InChI is InChI=1S/C38H38FN3O4/c1-2-32(26-6-12-30(43)13-7-26)37(28-8-14-31(44)15-9-28)27-4-10-29(11-5-27)42-21-19-41(20-22-42)24-25-3-16-33(35(39)23-25)34-17-18-36(45)40-38(34)46/h3-16,23,34,43-44H,2,17-22,24H2,1H3,(H,40,45,46). The van der Waals surface area contributed by atoms with Crippen molar-refractivity contribution in [2.75, 3.05) is 31.1 Å². The van der Waals surface area contributed by atoms with Crippen molar-refractivity contribution < 1.29 is 24.2 Å². The van der Waals surface area contributed by atoms with Gasteiger partial charge in [-0.2, -0.15) is 0 Å². The van der Waals surface area contributed by atoms with E-state index in [0.29, 0.717) is 18.5 Å². The Kier molecular flexibility index (Phi) is 9.17. The van der Waals surface area contributed by atoms with Gasteiger partial charge in [-0.15, -0.1) is 0 Å². The first-order valence-electron chi connectivity index (χ1n) is 15.8. The molecule has 1 unspecified atom stereocenters. The number of phenolic OH excluding ortho intramolecular Hbond substituents is 2. The molecule has 0 radical (unpaired) electrons. The highest BCUT2D eigenvalue weighted by atomic mass is 19.1. The maximum atomic E-state index is 15.0. The normalized spacial score (nSPS) is 17.9. The van der Waals surface area contributed by atoms with Gasteiger partial charge in [0.25, 0.3) is 0 Å². The van der Waals surface area contributed by atoms with E-state index in [-0.39, 0.29) is 23.8 Å². The molecular formula is C38H38FN3O4. The van der Waals surface area contributed by atoms with Gasteiger partial charge >= 0.3 is 0 Å². The molecule has 6 rings (SSSR count). The average Bonchev–Trinajstić information content (AvgIpc) is 3.06. The van der Waals surface area contributed by atoms with Gasteiger partial charge in [-0.05, 0) is 88.7 Å².